The Morgan fingerprint density at radius 2 is 2.19 bits per heavy atom. The highest BCUT2D eigenvalue weighted by Gasteiger charge is 2.33. The molecule has 1 atom stereocenters. The highest BCUT2D eigenvalue weighted by Crippen LogP contribution is 2.40. The van der Waals surface area contributed by atoms with Crippen molar-refractivity contribution in [3.63, 3.8) is 0 Å². The average Bonchev–Trinajstić information content (AvgIpc) is 3.04. The molecule has 1 saturated carbocycles. The fourth-order valence-corrected chi connectivity index (χ4v) is 4.70. The van der Waals surface area contributed by atoms with Gasteiger partial charge in [-0.3, -0.25) is 4.79 Å². The first-order valence-electron chi connectivity index (χ1n) is 8.06. The van der Waals surface area contributed by atoms with Crippen LogP contribution in [0.3, 0.4) is 0 Å². The molecule has 0 spiro atoms. The van der Waals surface area contributed by atoms with Gasteiger partial charge in [0.2, 0.25) is 0 Å². The van der Waals surface area contributed by atoms with Crippen molar-refractivity contribution in [2.24, 2.45) is 0 Å². The number of carbonyl (C=O) groups excluding carboxylic acids is 1. The van der Waals surface area contributed by atoms with Gasteiger partial charge in [-0.2, -0.15) is 0 Å². The number of fused-ring (bicyclic) bond motifs is 1. The second-order valence-corrected chi connectivity index (χ2v) is 7.50. The lowest BCUT2D eigenvalue weighted by Crippen LogP contribution is -2.30. The van der Waals surface area contributed by atoms with E-state index in [4.69, 9.17) is 9.72 Å². The maximum atomic E-state index is 12.1. The lowest BCUT2D eigenvalue weighted by molar-refractivity contribution is -0.145. The van der Waals surface area contributed by atoms with E-state index >= 15 is 0 Å². The molecule has 21 heavy (non-hydrogen) atoms. The number of ether oxygens (including phenoxy) is 1. The zero-order chi connectivity index (χ0) is 14.9. The van der Waals surface area contributed by atoms with Gasteiger partial charge >= 0.3 is 5.97 Å². The van der Waals surface area contributed by atoms with Crippen LogP contribution in [0.2, 0.25) is 0 Å². The van der Waals surface area contributed by atoms with Crippen molar-refractivity contribution in [1.82, 2.24) is 4.98 Å². The van der Waals surface area contributed by atoms with E-state index in [1.165, 1.54) is 30.6 Å². The second-order valence-electron chi connectivity index (χ2n) is 6.42. The summed E-state index contributed by atoms with van der Waals surface area (Å²) in [6, 6.07) is 0. The van der Waals surface area contributed by atoms with Gasteiger partial charge in [0, 0.05) is 10.4 Å². The number of hydrogen-bond acceptors (Lipinski definition) is 5. The number of aromatic nitrogens is 1. The molecule has 2 aliphatic rings. The van der Waals surface area contributed by atoms with Crippen molar-refractivity contribution >= 4 is 22.4 Å². The predicted octanol–water partition coefficient (Wildman–Crippen LogP) is 3.87. The Balaban J connectivity index is 1.79. The summed E-state index contributed by atoms with van der Waals surface area (Å²) in [6.45, 7) is 4.58. The van der Waals surface area contributed by atoms with Gasteiger partial charge in [0.15, 0.2) is 5.13 Å². The quantitative estimate of drug-likeness (QED) is 0.858. The van der Waals surface area contributed by atoms with E-state index in [0.29, 0.717) is 6.61 Å². The Morgan fingerprint density at radius 1 is 1.43 bits per heavy atom. The summed E-state index contributed by atoms with van der Waals surface area (Å²) in [5.74, 6) is -0.265. The minimum absolute atomic E-state index is 0.109. The Kier molecular flexibility index (Phi) is 4.20. The van der Waals surface area contributed by atoms with Crippen LogP contribution in [0.15, 0.2) is 0 Å². The van der Waals surface area contributed by atoms with E-state index in [1.54, 1.807) is 11.3 Å². The van der Waals surface area contributed by atoms with Gasteiger partial charge in [-0.25, -0.2) is 4.98 Å². The molecule has 0 radical (unpaired) electrons. The zero-order valence-corrected chi connectivity index (χ0v) is 13.7. The van der Waals surface area contributed by atoms with E-state index in [1.807, 2.05) is 6.92 Å². The minimum atomic E-state index is -0.156. The molecule has 0 amide bonds. The van der Waals surface area contributed by atoms with Crippen LogP contribution >= 0.6 is 11.3 Å². The molecule has 0 aliphatic heterocycles. The molecule has 4 nitrogen and oxygen atoms in total. The molecule has 1 aromatic rings. The molecule has 0 bridgehead atoms. The van der Waals surface area contributed by atoms with Gasteiger partial charge in [-0.05, 0) is 46.0 Å². The third kappa shape index (κ3) is 3.07. The summed E-state index contributed by atoms with van der Waals surface area (Å²) in [5.41, 5.74) is 1.15. The summed E-state index contributed by atoms with van der Waals surface area (Å²) in [6.07, 6.45) is 7.96. The molecule has 1 unspecified atom stereocenters. The van der Waals surface area contributed by atoms with Crippen LogP contribution in [0.25, 0.3) is 0 Å². The third-order valence-electron chi connectivity index (χ3n) is 4.64. The molecule has 5 heteroatoms. The molecular weight excluding hydrogens is 284 g/mol. The number of hydrogen-bond donors (Lipinski definition) is 1. The summed E-state index contributed by atoms with van der Waals surface area (Å²) >= 11 is 1.73. The first kappa shape index (κ1) is 14.8. The van der Waals surface area contributed by atoms with Crippen LogP contribution in [0.5, 0.6) is 0 Å². The van der Waals surface area contributed by atoms with Crippen molar-refractivity contribution in [2.45, 2.75) is 70.3 Å². The molecule has 1 fully saturated rings. The standard InChI is InChI=1S/C16H24N2O2S/c1-3-20-14(19)11-7-6-8-12-13(11)17-15(21-12)18-16(2)9-4-5-10-16/h11H,3-10H2,1-2H3,(H,17,18). The number of nitrogens with zero attached hydrogens (tertiary/aromatic N) is 1. The van der Waals surface area contributed by atoms with Crippen molar-refractivity contribution < 1.29 is 9.53 Å². The first-order chi connectivity index (χ1) is 10.1. The molecule has 0 aromatic carbocycles. The molecule has 2 aliphatic carbocycles. The number of nitrogens with one attached hydrogen (secondary N) is 1. The minimum Gasteiger partial charge on any atom is -0.465 e. The van der Waals surface area contributed by atoms with Gasteiger partial charge in [-0.15, -0.1) is 11.3 Å². The second kappa shape index (κ2) is 5.95. The van der Waals surface area contributed by atoms with Crippen LogP contribution in [-0.2, 0) is 16.0 Å². The van der Waals surface area contributed by atoms with Gasteiger partial charge < -0.3 is 10.1 Å². The predicted molar refractivity (Wildman–Crippen MR) is 84.9 cm³/mol. The fourth-order valence-electron chi connectivity index (χ4n) is 3.48. The fraction of sp³-hybridized carbons (Fsp3) is 0.750. The van der Waals surface area contributed by atoms with E-state index in [9.17, 15) is 4.79 Å². The number of thiazole rings is 1. The maximum Gasteiger partial charge on any atom is 0.315 e. The van der Waals surface area contributed by atoms with E-state index < -0.39 is 0 Å². The summed E-state index contributed by atoms with van der Waals surface area (Å²) < 4.78 is 5.21. The molecule has 3 rings (SSSR count). The van der Waals surface area contributed by atoms with Crippen molar-refractivity contribution in [3.05, 3.63) is 10.6 Å². The molecule has 1 N–H and O–H groups in total. The summed E-state index contributed by atoms with van der Waals surface area (Å²) in [5, 5.41) is 4.61. The van der Waals surface area contributed by atoms with Crippen LogP contribution in [-0.4, -0.2) is 23.1 Å². The largest absolute Gasteiger partial charge is 0.465 e. The Bertz CT molecular complexity index is 520. The van der Waals surface area contributed by atoms with Gasteiger partial charge in [0.05, 0.1) is 12.3 Å². The number of anilines is 1. The SMILES string of the molecule is CCOC(=O)C1CCCc2sc(NC3(C)CCCC3)nc21. The third-order valence-corrected chi connectivity index (χ3v) is 5.69. The van der Waals surface area contributed by atoms with Crippen molar-refractivity contribution in [2.75, 3.05) is 11.9 Å². The summed E-state index contributed by atoms with van der Waals surface area (Å²) in [7, 11) is 0. The smallest absolute Gasteiger partial charge is 0.315 e. The average molecular weight is 308 g/mol. The Labute approximate surface area is 130 Å². The number of rotatable bonds is 4. The van der Waals surface area contributed by atoms with E-state index in [2.05, 4.69) is 12.2 Å². The summed E-state index contributed by atoms with van der Waals surface area (Å²) in [4.78, 5) is 18.1. The Morgan fingerprint density at radius 3 is 2.90 bits per heavy atom. The zero-order valence-electron chi connectivity index (χ0n) is 12.9. The molecule has 116 valence electrons. The lowest BCUT2D eigenvalue weighted by Gasteiger charge is -2.24. The normalized spacial score (nSPS) is 23.6. The van der Waals surface area contributed by atoms with Crippen molar-refractivity contribution in [3.8, 4) is 0 Å². The van der Waals surface area contributed by atoms with Crippen LogP contribution in [0.4, 0.5) is 5.13 Å². The molecule has 0 saturated heterocycles. The van der Waals surface area contributed by atoms with Crippen molar-refractivity contribution in [1.29, 1.82) is 0 Å². The first-order valence-corrected chi connectivity index (χ1v) is 8.87. The van der Waals surface area contributed by atoms with E-state index in [-0.39, 0.29) is 17.4 Å². The highest BCUT2D eigenvalue weighted by atomic mass is 32.1. The van der Waals surface area contributed by atoms with E-state index in [0.717, 1.165) is 30.1 Å². The maximum absolute atomic E-state index is 12.1. The number of aryl methyl sites for hydroxylation is 1. The molecular formula is C16H24N2O2S. The Hall–Kier alpha value is -1.10. The molecule has 1 heterocycles. The van der Waals surface area contributed by atoms with Gasteiger partial charge in [0.25, 0.3) is 0 Å². The lowest BCUT2D eigenvalue weighted by atomic mass is 9.91. The van der Waals surface area contributed by atoms with Crippen LogP contribution < -0.4 is 5.32 Å². The molecule has 1 aromatic heterocycles. The van der Waals surface area contributed by atoms with Gasteiger partial charge in [-0.1, -0.05) is 12.8 Å². The van der Waals surface area contributed by atoms with Gasteiger partial charge in [0.1, 0.15) is 5.92 Å². The van der Waals surface area contributed by atoms with Crippen LogP contribution in [0.1, 0.15) is 68.9 Å². The topological polar surface area (TPSA) is 51.2 Å². The highest BCUT2D eigenvalue weighted by molar-refractivity contribution is 7.15. The number of carbonyl (C=O) groups is 1. The number of esters is 1. The monoisotopic (exact) mass is 308 g/mol. The van der Waals surface area contributed by atoms with Crippen LogP contribution in [0, 0.1) is 0 Å².